The molecule has 0 spiro atoms. The average molecular weight is 256 g/mol. The van der Waals surface area contributed by atoms with Crippen molar-refractivity contribution in [2.75, 3.05) is 6.54 Å². The first-order chi connectivity index (χ1) is 6.81. The van der Waals surface area contributed by atoms with Crippen LogP contribution in [0.5, 0.6) is 0 Å². The Bertz CT molecular complexity index is 321. The molecule has 2 nitrogen and oxygen atoms in total. The number of rotatable bonds is 2. The smallest absolute Gasteiger partial charge is 0.0685 e. The molecule has 1 aromatic rings. The Hall–Kier alpha value is -0.380. The maximum absolute atomic E-state index is 9.25. The first-order valence-electron chi connectivity index (χ1n) is 4.94. The molecule has 2 rings (SSSR count). The zero-order chi connectivity index (χ0) is 9.97. The lowest BCUT2D eigenvalue weighted by Crippen LogP contribution is -2.14. The molecule has 1 atom stereocenters. The summed E-state index contributed by atoms with van der Waals surface area (Å²) in [5.41, 5.74) is 2.27. The van der Waals surface area contributed by atoms with Gasteiger partial charge in [0.2, 0.25) is 0 Å². The molecule has 1 aliphatic rings. The van der Waals surface area contributed by atoms with Crippen LogP contribution in [0.25, 0.3) is 0 Å². The van der Waals surface area contributed by atoms with E-state index in [0.29, 0.717) is 6.04 Å². The van der Waals surface area contributed by atoms with E-state index in [1.54, 1.807) is 0 Å². The van der Waals surface area contributed by atoms with Gasteiger partial charge in [0, 0.05) is 10.5 Å². The van der Waals surface area contributed by atoms with E-state index >= 15 is 0 Å². The molecule has 0 aliphatic carbocycles. The Labute approximate surface area is 92.5 Å². The van der Waals surface area contributed by atoms with Crippen LogP contribution in [0.2, 0.25) is 0 Å². The topological polar surface area (TPSA) is 32.3 Å². The van der Waals surface area contributed by atoms with E-state index in [0.717, 1.165) is 16.6 Å². The van der Waals surface area contributed by atoms with Gasteiger partial charge in [0.15, 0.2) is 0 Å². The van der Waals surface area contributed by atoms with Gasteiger partial charge in [0.05, 0.1) is 6.61 Å². The van der Waals surface area contributed by atoms with E-state index in [1.165, 1.54) is 18.4 Å². The molecule has 0 aromatic heterocycles. The molecule has 76 valence electrons. The molecule has 3 heteroatoms. The van der Waals surface area contributed by atoms with Crippen molar-refractivity contribution in [2.45, 2.75) is 25.5 Å². The molecule has 0 radical (unpaired) electrons. The molecule has 1 aromatic carbocycles. The van der Waals surface area contributed by atoms with Crippen LogP contribution < -0.4 is 5.32 Å². The molecule has 0 bridgehead atoms. The van der Waals surface area contributed by atoms with Crippen LogP contribution in [0.15, 0.2) is 22.7 Å². The minimum atomic E-state index is 0.118. The van der Waals surface area contributed by atoms with Gasteiger partial charge in [-0.05, 0) is 42.6 Å². The summed E-state index contributed by atoms with van der Waals surface area (Å²) in [5.74, 6) is 0. The monoisotopic (exact) mass is 255 g/mol. The van der Waals surface area contributed by atoms with Crippen molar-refractivity contribution in [2.24, 2.45) is 0 Å². The first kappa shape index (κ1) is 10.1. The third kappa shape index (κ3) is 2.00. The predicted octanol–water partition coefficient (Wildman–Crippen LogP) is 2.37. The summed E-state index contributed by atoms with van der Waals surface area (Å²) >= 11 is 3.41. The summed E-state index contributed by atoms with van der Waals surface area (Å²) in [6.07, 6.45) is 2.40. The molecule has 2 N–H and O–H groups in total. The van der Waals surface area contributed by atoms with Crippen LogP contribution >= 0.6 is 15.9 Å². The Morgan fingerprint density at radius 1 is 1.50 bits per heavy atom. The van der Waals surface area contributed by atoms with E-state index in [2.05, 4.69) is 27.3 Å². The number of nitrogens with one attached hydrogen (secondary N) is 1. The maximum atomic E-state index is 9.25. The third-order valence-corrected chi connectivity index (χ3v) is 3.20. The second-order valence-electron chi connectivity index (χ2n) is 3.65. The van der Waals surface area contributed by atoms with Crippen molar-refractivity contribution in [3.8, 4) is 0 Å². The first-order valence-corrected chi connectivity index (χ1v) is 5.73. The Morgan fingerprint density at radius 2 is 2.36 bits per heavy atom. The zero-order valence-corrected chi connectivity index (χ0v) is 9.55. The highest BCUT2D eigenvalue weighted by Crippen LogP contribution is 2.28. The van der Waals surface area contributed by atoms with Gasteiger partial charge in [0.1, 0.15) is 0 Å². The molecule has 1 fully saturated rings. The molecule has 0 unspecified atom stereocenters. The van der Waals surface area contributed by atoms with E-state index in [4.69, 9.17) is 0 Å². The lowest BCUT2D eigenvalue weighted by molar-refractivity contribution is 0.279. The maximum Gasteiger partial charge on any atom is 0.0685 e. The van der Waals surface area contributed by atoms with Crippen molar-refractivity contribution in [3.63, 3.8) is 0 Å². The number of aliphatic hydroxyl groups excluding tert-OH is 1. The molecular formula is C11H14BrNO. The van der Waals surface area contributed by atoms with E-state index in [9.17, 15) is 5.11 Å². The van der Waals surface area contributed by atoms with Crippen molar-refractivity contribution < 1.29 is 5.11 Å². The molecule has 14 heavy (non-hydrogen) atoms. The van der Waals surface area contributed by atoms with Gasteiger partial charge in [-0.2, -0.15) is 0 Å². The molecular weight excluding hydrogens is 242 g/mol. The lowest BCUT2D eigenvalue weighted by Gasteiger charge is -2.14. The minimum Gasteiger partial charge on any atom is -0.392 e. The minimum absolute atomic E-state index is 0.118. The van der Waals surface area contributed by atoms with Crippen LogP contribution in [0.4, 0.5) is 0 Å². The Balaban J connectivity index is 2.31. The fraction of sp³-hybridized carbons (Fsp3) is 0.455. The zero-order valence-electron chi connectivity index (χ0n) is 7.96. The molecule has 1 aliphatic heterocycles. The fourth-order valence-corrected chi connectivity index (χ4v) is 2.41. The van der Waals surface area contributed by atoms with Crippen molar-refractivity contribution in [1.29, 1.82) is 0 Å². The summed E-state index contributed by atoms with van der Waals surface area (Å²) in [4.78, 5) is 0. The quantitative estimate of drug-likeness (QED) is 0.851. The highest BCUT2D eigenvalue weighted by molar-refractivity contribution is 9.10. The predicted molar refractivity (Wildman–Crippen MR) is 60.0 cm³/mol. The van der Waals surface area contributed by atoms with Crippen LogP contribution in [-0.2, 0) is 6.61 Å². The largest absolute Gasteiger partial charge is 0.392 e. The van der Waals surface area contributed by atoms with Crippen LogP contribution in [0, 0.1) is 0 Å². The van der Waals surface area contributed by atoms with Gasteiger partial charge in [-0.1, -0.05) is 22.0 Å². The Kier molecular flexibility index (Phi) is 3.21. The van der Waals surface area contributed by atoms with Gasteiger partial charge in [0.25, 0.3) is 0 Å². The van der Waals surface area contributed by atoms with Gasteiger partial charge in [-0.25, -0.2) is 0 Å². The molecule has 1 saturated heterocycles. The van der Waals surface area contributed by atoms with Crippen LogP contribution in [0.3, 0.4) is 0 Å². The third-order valence-electron chi connectivity index (χ3n) is 2.71. The summed E-state index contributed by atoms with van der Waals surface area (Å²) in [5, 5.41) is 12.7. The second-order valence-corrected chi connectivity index (χ2v) is 4.57. The summed E-state index contributed by atoms with van der Waals surface area (Å²) in [7, 11) is 0. The highest BCUT2D eigenvalue weighted by Gasteiger charge is 2.18. The van der Waals surface area contributed by atoms with Gasteiger partial charge < -0.3 is 10.4 Å². The molecule has 0 amide bonds. The van der Waals surface area contributed by atoms with Crippen molar-refractivity contribution >= 4 is 15.9 Å². The van der Waals surface area contributed by atoms with Crippen molar-refractivity contribution in [3.05, 3.63) is 33.8 Å². The SMILES string of the molecule is OCc1cc(Br)ccc1[C@H]1CCCN1. The van der Waals surface area contributed by atoms with Crippen LogP contribution in [-0.4, -0.2) is 11.7 Å². The van der Waals surface area contributed by atoms with Gasteiger partial charge in [-0.3, -0.25) is 0 Å². The molecule has 1 heterocycles. The van der Waals surface area contributed by atoms with Crippen molar-refractivity contribution in [1.82, 2.24) is 5.32 Å². The number of benzene rings is 1. The van der Waals surface area contributed by atoms with E-state index < -0.39 is 0 Å². The Morgan fingerprint density at radius 3 is 3.00 bits per heavy atom. The summed E-state index contributed by atoms with van der Waals surface area (Å²) in [6, 6.07) is 6.56. The number of hydrogen-bond acceptors (Lipinski definition) is 2. The van der Waals surface area contributed by atoms with Crippen LogP contribution in [0.1, 0.15) is 30.0 Å². The average Bonchev–Trinajstić information content (AvgIpc) is 2.70. The standard InChI is InChI=1S/C11H14BrNO/c12-9-3-4-10(8(6-9)7-14)11-2-1-5-13-11/h3-4,6,11,13-14H,1-2,5,7H2/t11-/m1/s1. The van der Waals surface area contributed by atoms with E-state index in [-0.39, 0.29) is 6.61 Å². The van der Waals surface area contributed by atoms with Gasteiger partial charge in [-0.15, -0.1) is 0 Å². The number of aliphatic hydroxyl groups is 1. The number of halogens is 1. The van der Waals surface area contributed by atoms with Gasteiger partial charge >= 0.3 is 0 Å². The molecule has 0 saturated carbocycles. The lowest BCUT2D eigenvalue weighted by atomic mass is 10.00. The summed E-state index contributed by atoms with van der Waals surface area (Å²) < 4.78 is 1.03. The second kappa shape index (κ2) is 4.43. The summed E-state index contributed by atoms with van der Waals surface area (Å²) in [6.45, 7) is 1.21. The fourth-order valence-electron chi connectivity index (χ4n) is 2.00. The normalized spacial score (nSPS) is 21.4. The number of hydrogen-bond donors (Lipinski definition) is 2. The van der Waals surface area contributed by atoms with E-state index in [1.807, 2.05) is 12.1 Å². The highest BCUT2D eigenvalue weighted by atomic mass is 79.9.